The lowest BCUT2D eigenvalue weighted by molar-refractivity contribution is 0.662. The Morgan fingerprint density at radius 2 is 1.42 bits per heavy atom. The Morgan fingerprint density at radius 3 is 1.68 bits per heavy atom. The van der Waals surface area contributed by atoms with Crippen LogP contribution < -0.4 is 5.32 Å². The van der Waals surface area contributed by atoms with Gasteiger partial charge in [-0.1, -0.05) is 41.5 Å². The summed E-state index contributed by atoms with van der Waals surface area (Å²) in [5.41, 5.74) is 2.36. The minimum absolute atomic E-state index is 1.09. The summed E-state index contributed by atoms with van der Waals surface area (Å²) in [5, 5.41) is 3.28. The number of nitrogens with zero attached hydrogens (tertiary/aromatic N) is 1. The predicted molar refractivity (Wildman–Crippen MR) is 89.9 cm³/mol. The average Bonchev–Trinajstić information content (AvgIpc) is 2.44. The number of hydrogen-bond acceptors (Lipinski definition) is 2. The lowest BCUT2D eigenvalue weighted by atomic mass is 10.3. The molecule has 0 bridgehead atoms. The molecule has 114 valence electrons. The third-order valence-electron chi connectivity index (χ3n) is 1.91. The first kappa shape index (κ1) is 23.2. The van der Waals surface area contributed by atoms with Gasteiger partial charge in [0.15, 0.2) is 0 Å². The molecule has 0 radical (unpaired) electrons. The zero-order valence-corrected chi connectivity index (χ0v) is 14.5. The van der Waals surface area contributed by atoms with E-state index in [2.05, 4.69) is 37.1 Å². The minimum Gasteiger partial charge on any atom is -0.317 e. The molecule has 0 saturated heterocycles. The van der Waals surface area contributed by atoms with E-state index in [9.17, 15) is 0 Å². The monoisotopic (exact) mass is 268 g/mol. The summed E-state index contributed by atoms with van der Waals surface area (Å²) in [7, 11) is 0. The van der Waals surface area contributed by atoms with Gasteiger partial charge in [-0.15, -0.1) is 0 Å². The highest BCUT2D eigenvalue weighted by molar-refractivity contribution is 5.12. The van der Waals surface area contributed by atoms with Crippen molar-refractivity contribution in [1.82, 2.24) is 10.3 Å². The van der Waals surface area contributed by atoms with Gasteiger partial charge in [-0.3, -0.25) is 4.98 Å². The van der Waals surface area contributed by atoms with Crippen LogP contribution in [-0.2, 0) is 0 Å². The second-order valence-electron chi connectivity index (χ2n) is 3.72. The van der Waals surface area contributed by atoms with Gasteiger partial charge >= 0.3 is 0 Å². The maximum atomic E-state index is 4.04. The van der Waals surface area contributed by atoms with Crippen LogP contribution in [0.3, 0.4) is 0 Å². The van der Waals surface area contributed by atoms with E-state index in [1.54, 1.807) is 0 Å². The standard InChI is InChI=1S/C7H9N.C6H15N.2C2H6/c1-6-3-4-8-7(2)5-6;1-3-5-7-6-4-2;2*1-2/h3-5H,1-2H3;7H,3-6H2,1-2H3;2*1-2H3. The minimum atomic E-state index is 1.09. The van der Waals surface area contributed by atoms with Crippen molar-refractivity contribution in [2.45, 2.75) is 68.2 Å². The summed E-state index contributed by atoms with van der Waals surface area (Å²) >= 11 is 0. The topological polar surface area (TPSA) is 24.9 Å². The molecule has 0 saturated carbocycles. The van der Waals surface area contributed by atoms with E-state index >= 15 is 0 Å². The molecule has 0 aliphatic carbocycles. The van der Waals surface area contributed by atoms with E-state index in [0.29, 0.717) is 0 Å². The average molecular weight is 268 g/mol. The SMILES string of the molecule is CC.CC.CCCNCCC.Cc1ccnc(C)c1. The number of aryl methyl sites for hydroxylation is 2. The van der Waals surface area contributed by atoms with Gasteiger partial charge in [0.05, 0.1) is 0 Å². The van der Waals surface area contributed by atoms with Gasteiger partial charge < -0.3 is 5.32 Å². The van der Waals surface area contributed by atoms with E-state index in [0.717, 1.165) is 5.69 Å². The van der Waals surface area contributed by atoms with Crippen molar-refractivity contribution < 1.29 is 0 Å². The van der Waals surface area contributed by atoms with Crippen LogP contribution in [0.15, 0.2) is 18.3 Å². The van der Waals surface area contributed by atoms with Crippen molar-refractivity contribution in [3.63, 3.8) is 0 Å². The highest BCUT2D eigenvalue weighted by Crippen LogP contribution is 1.95. The smallest absolute Gasteiger partial charge is 0.0375 e. The maximum absolute atomic E-state index is 4.04. The van der Waals surface area contributed by atoms with Crippen LogP contribution in [0.2, 0.25) is 0 Å². The summed E-state index contributed by atoms with van der Waals surface area (Å²) in [4.78, 5) is 4.04. The number of pyridine rings is 1. The first-order valence-electron chi connectivity index (χ1n) is 7.80. The molecule has 0 spiro atoms. The zero-order valence-electron chi connectivity index (χ0n) is 14.5. The fourth-order valence-corrected chi connectivity index (χ4v) is 1.17. The van der Waals surface area contributed by atoms with Crippen LogP contribution in [0.4, 0.5) is 0 Å². The summed E-state index contributed by atoms with van der Waals surface area (Å²) in [6, 6.07) is 4.05. The molecule has 1 aromatic heterocycles. The predicted octanol–water partition coefficient (Wildman–Crippen LogP) is 5.15. The molecule has 0 atom stereocenters. The lowest BCUT2D eigenvalue weighted by Crippen LogP contribution is -2.14. The van der Waals surface area contributed by atoms with Crippen LogP contribution in [-0.4, -0.2) is 18.1 Å². The van der Waals surface area contributed by atoms with Crippen LogP contribution in [0, 0.1) is 13.8 Å². The molecule has 0 aliphatic rings. The summed E-state index contributed by atoms with van der Waals surface area (Å²) in [6.07, 6.45) is 4.32. The Labute approximate surface area is 122 Å². The molecular weight excluding hydrogens is 232 g/mol. The van der Waals surface area contributed by atoms with Crippen molar-refractivity contribution in [2.75, 3.05) is 13.1 Å². The molecule has 19 heavy (non-hydrogen) atoms. The quantitative estimate of drug-likeness (QED) is 0.764. The third kappa shape index (κ3) is 22.7. The normalized spacial score (nSPS) is 8.00. The maximum Gasteiger partial charge on any atom is 0.0375 e. The molecule has 1 rings (SSSR count). The first-order valence-corrected chi connectivity index (χ1v) is 7.80. The molecule has 2 heteroatoms. The Bertz CT molecular complexity index is 226. The van der Waals surface area contributed by atoms with Gasteiger partial charge in [-0.05, 0) is 57.5 Å². The summed E-state index contributed by atoms with van der Waals surface area (Å²) in [6.45, 7) is 18.8. The number of nitrogens with one attached hydrogen (secondary N) is 1. The van der Waals surface area contributed by atoms with Crippen molar-refractivity contribution >= 4 is 0 Å². The van der Waals surface area contributed by atoms with E-state index < -0.39 is 0 Å². The summed E-state index contributed by atoms with van der Waals surface area (Å²) in [5.74, 6) is 0. The third-order valence-corrected chi connectivity index (χ3v) is 1.91. The first-order chi connectivity index (χ1) is 9.20. The van der Waals surface area contributed by atoms with Crippen molar-refractivity contribution in [1.29, 1.82) is 0 Å². The van der Waals surface area contributed by atoms with E-state index in [1.807, 2.05) is 46.9 Å². The number of hydrogen-bond donors (Lipinski definition) is 1. The second-order valence-corrected chi connectivity index (χ2v) is 3.72. The largest absolute Gasteiger partial charge is 0.317 e. The molecular formula is C17H36N2. The Hall–Kier alpha value is -0.890. The Balaban J connectivity index is -0.000000215. The fourth-order valence-electron chi connectivity index (χ4n) is 1.17. The molecule has 0 aliphatic heterocycles. The molecule has 2 nitrogen and oxygen atoms in total. The highest BCUT2D eigenvalue weighted by Gasteiger charge is 1.82. The van der Waals surface area contributed by atoms with Gasteiger partial charge in [0.2, 0.25) is 0 Å². The van der Waals surface area contributed by atoms with Gasteiger partial charge in [0.25, 0.3) is 0 Å². The van der Waals surface area contributed by atoms with Crippen molar-refractivity contribution in [3.8, 4) is 0 Å². The Morgan fingerprint density at radius 1 is 0.947 bits per heavy atom. The number of rotatable bonds is 4. The molecule has 1 N–H and O–H groups in total. The molecule has 0 fully saturated rings. The van der Waals surface area contributed by atoms with Crippen molar-refractivity contribution in [3.05, 3.63) is 29.6 Å². The Kier molecular flexibility index (Phi) is 27.3. The number of aromatic nitrogens is 1. The molecule has 0 unspecified atom stereocenters. The molecule has 0 amide bonds. The second kappa shape index (κ2) is 22.3. The lowest BCUT2D eigenvalue weighted by Gasteiger charge is -1.95. The van der Waals surface area contributed by atoms with Crippen LogP contribution in [0.1, 0.15) is 65.6 Å². The van der Waals surface area contributed by atoms with Crippen LogP contribution >= 0.6 is 0 Å². The van der Waals surface area contributed by atoms with Crippen molar-refractivity contribution in [2.24, 2.45) is 0 Å². The van der Waals surface area contributed by atoms with Gasteiger partial charge in [-0.2, -0.15) is 0 Å². The van der Waals surface area contributed by atoms with E-state index in [-0.39, 0.29) is 0 Å². The molecule has 1 heterocycles. The highest BCUT2D eigenvalue weighted by atomic mass is 14.8. The van der Waals surface area contributed by atoms with Crippen LogP contribution in [0.25, 0.3) is 0 Å². The molecule has 1 aromatic rings. The van der Waals surface area contributed by atoms with E-state index in [4.69, 9.17) is 0 Å². The zero-order chi connectivity index (χ0) is 15.5. The fraction of sp³-hybridized carbons (Fsp3) is 0.706. The molecule has 0 aromatic carbocycles. The van der Waals surface area contributed by atoms with Gasteiger partial charge in [-0.25, -0.2) is 0 Å². The van der Waals surface area contributed by atoms with Gasteiger partial charge in [0.1, 0.15) is 0 Å². The van der Waals surface area contributed by atoms with E-state index in [1.165, 1.54) is 31.5 Å². The van der Waals surface area contributed by atoms with Gasteiger partial charge in [0, 0.05) is 11.9 Å². The van der Waals surface area contributed by atoms with Crippen LogP contribution in [0.5, 0.6) is 0 Å². The summed E-state index contributed by atoms with van der Waals surface area (Å²) < 4.78 is 0.